The number of nitrogens with zero attached hydrogens (tertiary/aromatic N) is 2. The number of fused-ring (bicyclic) bond motifs is 6. The Hall–Kier alpha value is -3.42. The number of allylic oxidation sites excluding steroid dienone is 1. The molecule has 0 fully saturated rings. The van der Waals surface area contributed by atoms with Crippen molar-refractivity contribution in [3.8, 4) is 11.3 Å². The number of Topliss-reactive ketones (excluding diaryl/α,β-unsaturated/α-hetero) is 1. The zero-order chi connectivity index (χ0) is 20.7. The molecule has 2 amide bonds. The molecule has 2 aromatic rings. The molecule has 1 aromatic carbocycles. The molecular formula is C21H20N4O4. The van der Waals surface area contributed by atoms with Crippen LogP contribution >= 0.6 is 0 Å². The molecule has 0 saturated heterocycles. The van der Waals surface area contributed by atoms with Crippen LogP contribution in [0.1, 0.15) is 37.9 Å². The van der Waals surface area contributed by atoms with E-state index in [1.807, 2.05) is 26.0 Å². The minimum Gasteiger partial charge on any atom is -0.423 e. The number of nitrogens with two attached hydrogens (primary N) is 2. The molecule has 1 spiro atoms. The van der Waals surface area contributed by atoms with Crippen LogP contribution in [0, 0.1) is 5.41 Å². The fourth-order valence-electron chi connectivity index (χ4n) is 5.08. The highest BCUT2D eigenvalue weighted by molar-refractivity contribution is 6.17. The van der Waals surface area contributed by atoms with Crippen molar-refractivity contribution in [3.63, 3.8) is 0 Å². The number of carbonyl (C=O) groups is 3. The normalized spacial score (nSPS) is 24.1. The van der Waals surface area contributed by atoms with E-state index in [4.69, 9.17) is 15.9 Å². The van der Waals surface area contributed by atoms with Crippen molar-refractivity contribution in [2.45, 2.75) is 32.1 Å². The van der Waals surface area contributed by atoms with Gasteiger partial charge in [-0.3, -0.25) is 14.4 Å². The van der Waals surface area contributed by atoms with Gasteiger partial charge >= 0.3 is 0 Å². The Morgan fingerprint density at radius 1 is 1.24 bits per heavy atom. The molecule has 5 rings (SSSR count). The second-order valence-electron chi connectivity index (χ2n) is 8.65. The van der Waals surface area contributed by atoms with Crippen LogP contribution < -0.4 is 11.5 Å². The van der Waals surface area contributed by atoms with Crippen LogP contribution in [0.5, 0.6) is 0 Å². The minimum absolute atomic E-state index is 0.0734. The average molecular weight is 392 g/mol. The second-order valence-corrected chi connectivity index (χ2v) is 8.65. The van der Waals surface area contributed by atoms with Crippen LogP contribution in [0.3, 0.4) is 0 Å². The molecular weight excluding hydrogens is 372 g/mol. The quantitative estimate of drug-likeness (QED) is 0.796. The summed E-state index contributed by atoms with van der Waals surface area (Å²) in [5, 5.41) is 0. The standard InChI is InChI=1S/C21H20N4O4/c1-20(2)7-12-15(13(26)8-20)21(18(28)25(12)9-14(22)27)11-6-4-3-5-10(11)16-17(21)24-19(23)29-16/h3-6H,7-9H2,1-2H3,(H2,22,27)(H2,23,24)/t21-/m0/s1. The number of oxazole rings is 1. The van der Waals surface area contributed by atoms with Gasteiger partial charge in [0.05, 0.1) is 0 Å². The third kappa shape index (κ3) is 2.08. The molecule has 0 radical (unpaired) electrons. The van der Waals surface area contributed by atoms with E-state index in [0.717, 1.165) is 0 Å². The van der Waals surface area contributed by atoms with E-state index in [1.54, 1.807) is 12.1 Å². The number of hydrogen-bond acceptors (Lipinski definition) is 6. The number of aromatic nitrogens is 1. The summed E-state index contributed by atoms with van der Waals surface area (Å²) in [6, 6.07) is 7.16. The molecule has 0 saturated carbocycles. The lowest BCUT2D eigenvalue weighted by Gasteiger charge is -2.33. The van der Waals surface area contributed by atoms with E-state index in [9.17, 15) is 14.4 Å². The average Bonchev–Trinajstić information content (AvgIpc) is 3.20. The number of benzene rings is 1. The molecule has 148 valence electrons. The van der Waals surface area contributed by atoms with Gasteiger partial charge in [0, 0.05) is 23.3 Å². The maximum absolute atomic E-state index is 13.9. The van der Waals surface area contributed by atoms with Crippen molar-refractivity contribution in [1.82, 2.24) is 9.88 Å². The molecule has 4 N–H and O–H groups in total. The van der Waals surface area contributed by atoms with Gasteiger partial charge in [0.25, 0.3) is 6.01 Å². The highest BCUT2D eigenvalue weighted by atomic mass is 16.4. The summed E-state index contributed by atoms with van der Waals surface area (Å²) in [5.74, 6) is -0.811. The van der Waals surface area contributed by atoms with Gasteiger partial charge in [-0.15, -0.1) is 0 Å². The molecule has 0 bridgehead atoms. The van der Waals surface area contributed by atoms with Crippen molar-refractivity contribution in [3.05, 3.63) is 46.8 Å². The monoisotopic (exact) mass is 392 g/mol. The lowest BCUT2D eigenvalue weighted by molar-refractivity contribution is -0.134. The zero-order valence-electron chi connectivity index (χ0n) is 16.1. The van der Waals surface area contributed by atoms with Gasteiger partial charge in [-0.2, -0.15) is 4.98 Å². The van der Waals surface area contributed by atoms with Gasteiger partial charge < -0.3 is 20.8 Å². The largest absolute Gasteiger partial charge is 0.423 e. The molecule has 2 aliphatic carbocycles. The predicted octanol–water partition coefficient (Wildman–Crippen LogP) is 1.49. The first kappa shape index (κ1) is 17.7. The van der Waals surface area contributed by atoms with Gasteiger partial charge in [-0.25, -0.2) is 0 Å². The molecule has 29 heavy (non-hydrogen) atoms. The summed E-state index contributed by atoms with van der Waals surface area (Å²) in [6.07, 6.45) is 0.760. The molecule has 1 atom stereocenters. The molecule has 1 aromatic heterocycles. The Bertz CT molecular complexity index is 1160. The molecule has 2 heterocycles. The van der Waals surface area contributed by atoms with Crippen LogP contribution in [-0.2, 0) is 19.8 Å². The van der Waals surface area contributed by atoms with Gasteiger partial charge in [-0.05, 0) is 17.4 Å². The van der Waals surface area contributed by atoms with Crippen LogP contribution in [0.25, 0.3) is 11.3 Å². The molecule has 8 heteroatoms. The van der Waals surface area contributed by atoms with E-state index in [0.29, 0.717) is 40.3 Å². The van der Waals surface area contributed by atoms with E-state index < -0.39 is 17.2 Å². The van der Waals surface area contributed by atoms with Crippen molar-refractivity contribution in [2.75, 3.05) is 12.3 Å². The van der Waals surface area contributed by atoms with Crippen LogP contribution in [0.2, 0.25) is 0 Å². The van der Waals surface area contributed by atoms with Gasteiger partial charge in [0.2, 0.25) is 11.8 Å². The van der Waals surface area contributed by atoms with Gasteiger partial charge in [0.1, 0.15) is 12.2 Å². The highest BCUT2D eigenvalue weighted by Crippen LogP contribution is 2.60. The van der Waals surface area contributed by atoms with E-state index in [-0.39, 0.29) is 30.2 Å². The summed E-state index contributed by atoms with van der Waals surface area (Å²) in [6.45, 7) is 3.64. The van der Waals surface area contributed by atoms with Crippen molar-refractivity contribution in [2.24, 2.45) is 11.1 Å². The summed E-state index contributed by atoms with van der Waals surface area (Å²) in [5.41, 5.74) is 12.0. The first-order valence-electron chi connectivity index (χ1n) is 9.40. The fourth-order valence-corrected chi connectivity index (χ4v) is 5.08. The van der Waals surface area contributed by atoms with Crippen LogP contribution in [0.15, 0.2) is 40.0 Å². The Kier molecular flexibility index (Phi) is 3.25. The van der Waals surface area contributed by atoms with Gasteiger partial charge in [0.15, 0.2) is 17.0 Å². The van der Waals surface area contributed by atoms with Crippen molar-refractivity contribution >= 4 is 23.6 Å². The van der Waals surface area contributed by atoms with E-state index in [2.05, 4.69) is 4.98 Å². The number of primary amides is 1. The summed E-state index contributed by atoms with van der Waals surface area (Å²) in [7, 11) is 0. The molecule has 3 aliphatic rings. The van der Waals surface area contributed by atoms with Gasteiger partial charge in [-0.1, -0.05) is 38.1 Å². The van der Waals surface area contributed by atoms with Crippen LogP contribution in [0.4, 0.5) is 6.01 Å². The van der Waals surface area contributed by atoms with Crippen molar-refractivity contribution in [1.29, 1.82) is 0 Å². The summed E-state index contributed by atoms with van der Waals surface area (Å²) in [4.78, 5) is 44.8. The van der Waals surface area contributed by atoms with E-state index >= 15 is 0 Å². The fraction of sp³-hybridized carbons (Fsp3) is 0.333. The highest BCUT2D eigenvalue weighted by Gasteiger charge is 2.65. The zero-order valence-corrected chi connectivity index (χ0v) is 16.1. The smallest absolute Gasteiger partial charge is 0.292 e. The molecule has 0 unspecified atom stereocenters. The summed E-state index contributed by atoms with van der Waals surface area (Å²) < 4.78 is 5.63. The molecule has 8 nitrogen and oxygen atoms in total. The number of hydrogen-bond donors (Lipinski definition) is 2. The first-order valence-corrected chi connectivity index (χ1v) is 9.40. The lowest BCUT2D eigenvalue weighted by atomic mass is 9.67. The predicted molar refractivity (Wildman–Crippen MR) is 103 cm³/mol. The number of carbonyl (C=O) groups excluding carboxylic acids is 3. The maximum Gasteiger partial charge on any atom is 0.292 e. The minimum atomic E-state index is -1.45. The first-order chi connectivity index (χ1) is 13.7. The Labute approximate surface area is 166 Å². The topological polar surface area (TPSA) is 133 Å². The second kappa shape index (κ2) is 5.34. The number of rotatable bonds is 2. The number of amides is 2. The van der Waals surface area contributed by atoms with E-state index in [1.165, 1.54) is 4.90 Å². The Morgan fingerprint density at radius 2 is 1.97 bits per heavy atom. The third-order valence-corrected chi connectivity index (χ3v) is 6.01. The Balaban J connectivity index is 1.87. The van der Waals surface area contributed by atoms with Crippen molar-refractivity contribution < 1.29 is 18.8 Å². The number of anilines is 1. The SMILES string of the molecule is CC1(C)CC(=O)C2=C(C1)N(CC(N)=O)C(=O)[C@@]21c2ccccc2-c2oc(N)nc21. The maximum atomic E-state index is 13.9. The lowest BCUT2D eigenvalue weighted by Crippen LogP contribution is -2.44. The molecule has 1 aliphatic heterocycles. The Morgan fingerprint density at radius 3 is 2.69 bits per heavy atom. The summed E-state index contributed by atoms with van der Waals surface area (Å²) >= 11 is 0. The number of nitrogen functional groups attached to an aromatic ring is 1. The van der Waals surface area contributed by atoms with Crippen LogP contribution in [-0.4, -0.2) is 34.0 Å². The third-order valence-electron chi connectivity index (χ3n) is 6.01. The number of ketones is 1.